The van der Waals surface area contributed by atoms with E-state index >= 15 is 0 Å². The van der Waals surface area contributed by atoms with Crippen LogP contribution in [0.5, 0.6) is 0 Å². The van der Waals surface area contributed by atoms with Gasteiger partial charge in [-0.2, -0.15) is 0 Å². The number of rotatable bonds is 3. The molecule has 1 aliphatic heterocycles. The third kappa shape index (κ3) is 2.11. The fraction of sp³-hybridized carbons (Fsp3) is 0.316. The maximum absolute atomic E-state index is 3.48. The lowest BCUT2D eigenvalue weighted by molar-refractivity contribution is -0.970. The fourth-order valence-electron chi connectivity index (χ4n) is 4.23. The Morgan fingerprint density at radius 1 is 1.05 bits per heavy atom. The normalized spacial score (nSPS) is 31.5. The number of nitrogens with one attached hydrogen (secondary N) is 2. The summed E-state index contributed by atoms with van der Waals surface area (Å²) in [5, 5.41) is 0. The lowest BCUT2D eigenvalue weighted by Crippen LogP contribution is -3.14. The summed E-state index contributed by atoms with van der Waals surface area (Å²) in [6, 6.07) is 19.1. The van der Waals surface area contributed by atoms with Crippen molar-refractivity contribution in [3.05, 3.63) is 78.1 Å². The van der Waals surface area contributed by atoms with Crippen molar-refractivity contribution >= 4 is 0 Å². The molecule has 0 saturated carbocycles. The molecule has 2 N–H and O–H groups in total. The zero-order valence-corrected chi connectivity index (χ0v) is 12.4. The lowest BCUT2D eigenvalue weighted by Gasteiger charge is -2.32. The molecule has 2 nitrogen and oxygen atoms in total. The number of aromatic nitrogens is 1. The van der Waals surface area contributed by atoms with Crippen LogP contribution in [0.1, 0.15) is 36.7 Å². The first-order chi connectivity index (χ1) is 10.3. The quantitative estimate of drug-likeness (QED) is 0.830. The molecule has 4 rings (SSSR count). The van der Waals surface area contributed by atoms with Gasteiger partial charge in [-0.25, -0.2) is 4.98 Å². The summed E-state index contributed by atoms with van der Waals surface area (Å²) in [6.45, 7) is 2.37. The minimum absolute atomic E-state index is 0.518. The van der Waals surface area contributed by atoms with E-state index in [1.54, 1.807) is 4.90 Å². The summed E-state index contributed by atoms with van der Waals surface area (Å²) >= 11 is 0. The Labute approximate surface area is 126 Å². The highest BCUT2D eigenvalue weighted by Crippen LogP contribution is 2.35. The Morgan fingerprint density at radius 3 is 2.62 bits per heavy atom. The number of hydrogen-bond acceptors (Lipinski definition) is 0. The molecule has 0 amide bonds. The number of pyridine rings is 1. The standard InChI is InChI=1S/C19H20N2/c1-14(15-7-3-2-4-8-15)21-17-11-10-16(13-17)19(21)18-9-5-6-12-20-18/h2-12,14,16-17,19H,13H2,1H3/p+2/t14-,16-,17+,19+/m0/s1. The Hall–Kier alpha value is -1.93. The molecule has 2 heteroatoms. The van der Waals surface area contributed by atoms with Crippen molar-refractivity contribution in [2.75, 3.05) is 0 Å². The number of benzene rings is 1. The lowest BCUT2D eigenvalue weighted by atomic mass is 9.96. The average Bonchev–Trinajstić information content (AvgIpc) is 3.17. The van der Waals surface area contributed by atoms with Crippen LogP contribution in [-0.4, -0.2) is 6.04 Å². The molecule has 1 fully saturated rings. The summed E-state index contributed by atoms with van der Waals surface area (Å²) in [5.74, 6) is 0.676. The second-order valence-electron chi connectivity index (χ2n) is 6.32. The molecule has 0 spiro atoms. The first-order valence-corrected chi connectivity index (χ1v) is 7.91. The Morgan fingerprint density at radius 2 is 1.86 bits per heavy atom. The highest BCUT2D eigenvalue weighted by Gasteiger charge is 2.52. The molecule has 1 unspecified atom stereocenters. The molecule has 2 aromatic rings. The highest BCUT2D eigenvalue weighted by atomic mass is 15.3. The molecule has 1 aliphatic carbocycles. The zero-order valence-electron chi connectivity index (χ0n) is 12.4. The number of quaternary nitrogens is 1. The number of H-pyrrole nitrogens is 1. The predicted octanol–water partition coefficient (Wildman–Crippen LogP) is 2.15. The highest BCUT2D eigenvalue weighted by molar-refractivity contribution is 5.20. The number of likely N-dealkylation sites (tertiary alicyclic amines) is 1. The van der Waals surface area contributed by atoms with E-state index in [2.05, 4.69) is 78.8 Å². The fourth-order valence-corrected chi connectivity index (χ4v) is 4.23. The van der Waals surface area contributed by atoms with Gasteiger partial charge in [0.05, 0.1) is 0 Å². The van der Waals surface area contributed by atoms with Gasteiger partial charge in [-0.05, 0) is 19.1 Å². The second kappa shape index (κ2) is 5.12. The van der Waals surface area contributed by atoms with Crippen LogP contribution in [0.3, 0.4) is 0 Å². The largest absolute Gasteiger partial charge is 0.312 e. The third-order valence-electron chi connectivity index (χ3n) is 5.20. The molecule has 106 valence electrons. The second-order valence-corrected chi connectivity index (χ2v) is 6.32. The van der Waals surface area contributed by atoms with E-state index in [-0.39, 0.29) is 0 Å². The van der Waals surface area contributed by atoms with Crippen molar-refractivity contribution in [2.24, 2.45) is 5.92 Å². The van der Waals surface area contributed by atoms with Gasteiger partial charge in [-0.1, -0.05) is 36.4 Å². The summed E-state index contributed by atoms with van der Waals surface area (Å²) in [6.07, 6.45) is 8.20. The van der Waals surface area contributed by atoms with E-state index in [1.807, 2.05) is 0 Å². The van der Waals surface area contributed by atoms with Crippen LogP contribution >= 0.6 is 0 Å². The van der Waals surface area contributed by atoms with Crippen molar-refractivity contribution in [1.82, 2.24) is 0 Å². The molecule has 1 aromatic carbocycles. The molecular formula is C19H22N2+2. The molecule has 2 aliphatic rings. The summed E-state index contributed by atoms with van der Waals surface area (Å²) < 4.78 is 0. The van der Waals surface area contributed by atoms with Crippen molar-refractivity contribution in [3.8, 4) is 0 Å². The van der Waals surface area contributed by atoms with Gasteiger partial charge < -0.3 is 4.90 Å². The van der Waals surface area contributed by atoms with Crippen molar-refractivity contribution in [2.45, 2.75) is 31.5 Å². The van der Waals surface area contributed by atoms with Crippen LogP contribution in [0.4, 0.5) is 0 Å². The maximum atomic E-state index is 3.48. The first-order valence-electron chi connectivity index (χ1n) is 7.91. The van der Waals surface area contributed by atoms with Crippen LogP contribution in [-0.2, 0) is 0 Å². The minimum atomic E-state index is 0.518. The average molecular weight is 278 g/mol. The van der Waals surface area contributed by atoms with Gasteiger partial charge in [0.25, 0.3) is 0 Å². The summed E-state index contributed by atoms with van der Waals surface area (Å²) in [7, 11) is 0. The van der Waals surface area contributed by atoms with Crippen LogP contribution in [0.2, 0.25) is 0 Å². The van der Waals surface area contributed by atoms with Gasteiger partial charge in [-0.3, -0.25) is 0 Å². The minimum Gasteiger partial charge on any atom is -0.312 e. The van der Waals surface area contributed by atoms with E-state index in [1.165, 1.54) is 17.7 Å². The molecule has 2 heterocycles. The molecular weight excluding hydrogens is 256 g/mol. The molecule has 0 radical (unpaired) electrons. The van der Waals surface area contributed by atoms with Gasteiger partial charge in [0.15, 0.2) is 12.2 Å². The third-order valence-corrected chi connectivity index (χ3v) is 5.20. The van der Waals surface area contributed by atoms with Gasteiger partial charge in [0.1, 0.15) is 12.1 Å². The SMILES string of the molecule is C[C@@H](c1ccccc1)[NH+]1[C@@H]2C=C[C@@H](C2)[C@@H]1c1cccc[nH+]1. The molecule has 21 heavy (non-hydrogen) atoms. The van der Waals surface area contributed by atoms with Crippen molar-refractivity contribution in [3.63, 3.8) is 0 Å². The molecule has 1 saturated heterocycles. The topological polar surface area (TPSA) is 18.6 Å². The van der Waals surface area contributed by atoms with Gasteiger partial charge in [-0.15, -0.1) is 0 Å². The van der Waals surface area contributed by atoms with Crippen molar-refractivity contribution in [1.29, 1.82) is 0 Å². The Bertz CT molecular complexity index is 635. The Kier molecular flexibility index (Phi) is 3.12. The van der Waals surface area contributed by atoms with E-state index in [4.69, 9.17) is 0 Å². The summed E-state index contributed by atoms with van der Waals surface area (Å²) in [5.41, 5.74) is 2.81. The number of fused-ring (bicyclic) bond motifs is 2. The van der Waals surface area contributed by atoms with Crippen LogP contribution < -0.4 is 9.88 Å². The van der Waals surface area contributed by atoms with Crippen LogP contribution in [0.15, 0.2) is 66.9 Å². The van der Waals surface area contributed by atoms with E-state index in [0.717, 1.165) is 0 Å². The van der Waals surface area contributed by atoms with E-state index in [0.29, 0.717) is 24.0 Å². The molecule has 1 aromatic heterocycles. The number of aromatic amines is 1. The van der Waals surface area contributed by atoms with Gasteiger partial charge in [0, 0.05) is 30.0 Å². The smallest absolute Gasteiger partial charge is 0.238 e. The predicted molar refractivity (Wildman–Crippen MR) is 82.6 cm³/mol. The van der Waals surface area contributed by atoms with E-state index in [9.17, 15) is 0 Å². The van der Waals surface area contributed by atoms with Crippen LogP contribution in [0, 0.1) is 5.92 Å². The monoisotopic (exact) mass is 278 g/mol. The van der Waals surface area contributed by atoms with Gasteiger partial charge >= 0.3 is 0 Å². The van der Waals surface area contributed by atoms with Gasteiger partial charge in [0.2, 0.25) is 5.69 Å². The van der Waals surface area contributed by atoms with Crippen LogP contribution in [0.25, 0.3) is 0 Å². The molecule has 2 bridgehead atoms. The first kappa shape index (κ1) is 12.8. The maximum Gasteiger partial charge on any atom is 0.238 e. The molecule has 5 atom stereocenters. The summed E-state index contributed by atoms with van der Waals surface area (Å²) in [4.78, 5) is 5.17. The van der Waals surface area contributed by atoms with E-state index < -0.39 is 0 Å². The zero-order chi connectivity index (χ0) is 14.2. The van der Waals surface area contributed by atoms with Crippen molar-refractivity contribution < 1.29 is 9.88 Å². The Balaban J connectivity index is 1.71. The number of hydrogen-bond donors (Lipinski definition) is 1.